The zero-order valence-corrected chi connectivity index (χ0v) is 18.0. The van der Waals surface area contributed by atoms with E-state index < -0.39 is 23.1 Å². The van der Waals surface area contributed by atoms with Gasteiger partial charge in [-0.25, -0.2) is 0 Å². The van der Waals surface area contributed by atoms with Gasteiger partial charge in [-0.1, -0.05) is 12.1 Å². The summed E-state index contributed by atoms with van der Waals surface area (Å²) in [5.74, 6) is -0.891. The molecule has 2 N–H and O–H groups in total. The van der Waals surface area contributed by atoms with Crippen molar-refractivity contribution in [3.05, 3.63) is 69.5 Å². The Morgan fingerprint density at radius 2 is 1.81 bits per heavy atom. The highest BCUT2D eigenvalue weighted by molar-refractivity contribution is 6.06. The number of fused-ring (bicyclic) bond motifs is 1. The Bertz CT molecular complexity index is 1240. The van der Waals surface area contributed by atoms with E-state index in [0.717, 1.165) is 18.9 Å². The second kappa shape index (κ2) is 8.00. The maximum Gasteiger partial charge on any atom is 0.418 e. The average molecular weight is 443 g/mol. The Kier molecular flexibility index (Phi) is 5.48. The number of nitrogens with zero attached hydrogens (tertiary/aromatic N) is 1. The standard InChI is InChI=1S/C24H24F3N3O2/c1-13-5-4-6-20-21(13)22(31)17(12-28-20)23(32)29-19-10-9-16(11-18(19)24(25,26)27)30-14(2)7-8-15(30)3/h4-6,9-12,14-15H,7-8H2,1-3H3,(H,28,31)(H,29,32)/t14-,15-/m1/s1. The molecule has 3 aromatic rings. The molecule has 2 atom stereocenters. The Hall–Kier alpha value is -3.29. The fraction of sp³-hybridized carbons (Fsp3) is 0.333. The number of hydrogen-bond acceptors (Lipinski definition) is 3. The molecule has 0 unspecified atom stereocenters. The summed E-state index contributed by atoms with van der Waals surface area (Å²) in [6.07, 6.45) is -1.62. The number of carbonyl (C=O) groups is 1. The number of benzene rings is 2. The normalized spacial score (nSPS) is 18.9. The smallest absolute Gasteiger partial charge is 0.366 e. The maximum absolute atomic E-state index is 13.9. The van der Waals surface area contributed by atoms with Crippen molar-refractivity contribution in [1.29, 1.82) is 0 Å². The zero-order chi connectivity index (χ0) is 23.2. The number of pyridine rings is 1. The van der Waals surface area contributed by atoms with E-state index in [0.29, 0.717) is 22.2 Å². The second-order valence-electron chi connectivity index (χ2n) is 8.39. The first-order valence-electron chi connectivity index (χ1n) is 10.5. The van der Waals surface area contributed by atoms with Gasteiger partial charge in [0.1, 0.15) is 5.56 Å². The van der Waals surface area contributed by atoms with Crippen LogP contribution in [0.25, 0.3) is 10.9 Å². The highest BCUT2D eigenvalue weighted by atomic mass is 19.4. The summed E-state index contributed by atoms with van der Waals surface area (Å²) >= 11 is 0. The van der Waals surface area contributed by atoms with Gasteiger partial charge in [-0.2, -0.15) is 13.2 Å². The van der Waals surface area contributed by atoms with Gasteiger partial charge in [0.15, 0.2) is 0 Å². The number of nitrogens with one attached hydrogen (secondary N) is 2. The fourth-order valence-corrected chi connectivity index (χ4v) is 4.54. The van der Waals surface area contributed by atoms with E-state index in [1.807, 2.05) is 18.7 Å². The predicted octanol–water partition coefficient (Wildman–Crippen LogP) is 5.48. The molecule has 8 heteroatoms. The third kappa shape index (κ3) is 3.85. The van der Waals surface area contributed by atoms with Crippen LogP contribution in [-0.4, -0.2) is 23.0 Å². The van der Waals surface area contributed by atoms with Crippen molar-refractivity contribution in [3.63, 3.8) is 0 Å². The SMILES string of the molecule is Cc1cccc2[nH]cc(C(=O)Nc3ccc(N4[C@H](C)CC[C@H]4C)cc3C(F)(F)F)c(=O)c12. The van der Waals surface area contributed by atoms with E-state index in [2.05, 4.69) is 10.3 Å². The van der Waals surface area contributed by atoms with Crippen LogP contribution in [0.15, 0.2) is 47.4 Å². The van der Waals surface area contributed by atoms with E-state index in [4.69, 9.17) is 0 Å². The van der Waals surface area contributed by atoms with E-state index in [1.165, 1.54) is 12.3 Å². The van der Waals surface area contributed by atoms with Crippen molar-refractivity contribution in [1.82, 2.24) is 4.98 Å². The number of amides is 1. The number of halogens is 3. The van der Waals surface area contributed by atoms with Gasteiger partial charge in [-0.15, -0.1) is 0 Å². The van der Waals surface area contributed by atoms with Crippen molar-refractivity contribution in [2.45, 2.75) is 51.9 Å². The van der Waals surface area contributed by atoms with Gasteiger partial charge in [0.2, 0.25) is 5.43 Å². The molecule has 32 heavy (non-hydrogen) atoms. The number of hydrogen-bond donors (Lipinski definition) is 2. The average Bonchev–Trinajstić information content (AvgIpc) is 3.06. The minimum Gasteiger partial charge on any atom is -0.366 e. The lowest BCUT2D eigenvalue weighted by Crippen LogP contribution is -2.32. The lowest BCUT2D eigenvalue weighted by atomic mass is 10.1. The number of aromatic amines is 1. The third-order valence-electron chi connectivity index (χ3n) is 6.17. The maximum atomic E-state index is 13.9. The molecule has 0 aliphatic carbocycles. The van der Waals surface area contributed by atoms with Crippen LogP contribution in [0.3, 0.4) is 0 Å². The summed E-state index contributed by atoms with van der Waals surface area (Å²) in [5, 5.41) is 2.64. The van der Waals surface area contributed by atoms with Gasteiger partial charge in [0, 0.05) is 34.9 Å². The van der Waals surface area contributed by atoms with Gasteiger partial charge in [-0.3, -0.25) is 9.59 Å². The first kappa shape index (κ1) is 21.9. The van der Waals surface area contributed by atoms with Crippen molar-refractivity contribution >= 4 is 28.2 Å². The van der Waals surface area contributed by atoms with E-state index >= 15 is 0 Å². The van der Waals surface area contributed by atoms with E-state index in [-0.39, 0.29) is 23.3 Å². The number of carbonyl (C=O) groups excluding carboxylic acids is 1. The Labute approximate surface area is 183 Å². The molecule has 1 fully saturated rings. The predicted molar refractivity (Wildman–Crippen MR) is 119 cm³/mol. The van der Waals surface area contributed by atoms with Crippen LogP contribution in [-0.2, 0) is 6.18 Å². The second-order valence-corrected chi connectivity index (χ2v) is 8.39. The molecule has 0 bridgehead atoms. The summed E-state index contributed by atoms with van der Waals surface area (Å²) in [6.45, 7) is 5.71. The molecule has 1 aromatic heterocycles. The minimum atomic E-state index is -4.67. The lowest BCUT2D eigenvalue weighted by Gasteiger charge is -2.30. The van der Waals surface area contributed by atoms with Gasteiger partial charge < -0.3 is 15.2 Å². The summed E-state index contributed by atoms with van der Waals surface area (Å²) < 4.78 is 41.6. The summed E-state index contributed by atoms with van der Waals surface area (Å²) in [4.78, 5) is 30.5. The van der Waals surface area contributed by atoms with Crippen LogP contribution in [0.1, 0.15) is 48.2 Å². The molecule has 1 amide bonds. The van der Waals surface area contributed by atoms with E-state index in [1.54, 1.807) is 31.2 Å². The molecule has 0 radical (unpaired) electrons. The minimum absolute atomic E-state index is 0.130. The first-order chi connectivity index (χ1) is 15.1. The largest absolute Gasteiger partial charge is 0.418 e. The third-order valence-corrected chi connectivity index (χ3v) is 6.17. The van der Waals surface area contributed by atoms with Crippen molar-refractivity contribution in [2.24, 2.45) is 0 Å². The monoisotopic (exact) mass is 443 g/mol. The van der Waals surface area contributed by atoms with Gasteiger partial charge in [0.25, 0.3) is 5.91 Å². The van der Waals surface area contributed by atoms with Crippen molar-refractivity contribution in [3.8, 4) is 0 Å². The van der Waals surface area contributed by atoms with E-state index in [9.17, 15) is 22.8 Å². The molecule has 2 aromatic carbocycles. The van der Waals surface area contributed by atoms with Crippen molar-refractivity contribution < 1.29 is 18.0 Å². The summed E-state index contributed by atoms with van der Waals surface area (Å²) in [5.41, 5.74) is -0.400. The Balaban J connectivity index is 1.72. The van der Waals surface area contributed by atoms with Gasteiger partial charge in [-0.05, 0) is 63.4 Å². The lowest BCUT2D eigenvalue weighted by molar-refractivity contribution is -0.136. The molecular formula is C24H24F3N3O2. The molecule has 2 heterocycles. The van der Waals surface area contributed by atoms with Gasteiger partial charge in [0.05, 0.1) is 11.3 Å². The Morgan fingerprint density at radius 3 is 2.47 bits per heavy atom. The van der Waals surface area contributed by atoms with Crippen LogP contribution in [0.4, 0.5) is 24.5 Å². The van der Waals surface area contributed by atoms with Crippen LogP contribution in [0.2, 0.25) is 0 Å². The molecule has 4 rings (SSSR count). The molecule has 1 saturated heterocycles. The van der Waals surface area contributed by atoms with Crippen LogP contribution in [0, 0.1) is 6.92 Å². The Morgan fingerprint density at radius 1 is 1.12 bits per heavy atom. The topological polar surface area (TPSA) is 65.2 Å². The number of aromatic nitrogens is 1. The first-order valence-corrected chi connectivity index (χ1v) is 10.5. The number of rotatable bonds is 3. The highest BCUT2D eigenvalue weighted by Crippen LogP contribution is 2.39. The van der Waals surface area contributed by atoms with Crippen LogP contribution >= 0.6 is 0 Å². The number of H-pyrrole nitrogens is 1. The number of alkyl halides is 3. The van der Waals surface area contributed by atoms with Gasteiger partial charge >= 0.3 is 6.18 Å². The molecule has 168 valence electrons. The number of aryl methyl sites for hydroxylation is 1. The number of anilines is 2. The molecule has 5 nitrogen and oxygen atoms in total. The summed E-state index contributed by atoms with van der Waals surface area (Å²) in [6, 6.07) is 9.38. The van der Waals surface area contributed by atoms with Crippen molar-refractivity contribution in [2.75, 3.05) is 10.2 Å². The quantitative estimate of drug-likeness (QED) is 0.563. The van der Waals surface area contributed by atoms with Crippen LogP contribution < -0.4 is 15.6 Å². The molecule has 1 aliphatic rings. The molecule has 1 aliphatic heterocycles. The highest BCUT2D eigenvalue weighted by Gasteiger charge is 2.36. The molecule has 0 saturated carbocycles. The molecule has 0 spiro atoms. The fourth-order valence-electron chi connectivity index (χ4n) is 4.54. The molecular weight excluding hydrogens is 419 g/mol. The van der Waals surface area contributed by atoms with Crippen LogP contribution in [0.5, 0.6) is 0 Å². The summed E-state index contributed by atoms with van der Waals surface area (Å²) in [7, 11) is 0. The zero-order valence-electron chi connectivity index (χ0n) is 18.0.